The van der Waals surface area contributed by atoms with Crippen LogP contribution in [0.25, 0.3) is 0 Å². The first kappa shape index (κ1) is 15.2. The van der Waals surface area contributed by atoms with E-state index in [0.29, 0.717) is 0 Å². The summed E-state index contributed by atoms with van der Waals surface area (Å²) in [5.41, 5.74) is 0. The first-order valence-corrected chi connectivity index (χ1v) is 6.66. The van der Waals surface area contributed by atoms with E-state index in [1.807, 2.05) is 0 Å². The molecule has 0 radical (unpaired) electrons. The molecule has 0 bridgehead atoms. The van der Waals surface area contributed by atoms with Crippen LogP contribution in [0.4, 0.5) is 0 Å². The highest BCUT2D eigenvalue weighted by molar-refractivity contribution is 7.87. The number of hydrogen-bond donors (Lipinski definition) is 1. The molecule has 0 aromatic rings. The Labute approximate surface area is 108 Å². The lowest BCUT2D eigenvalue weighted by molar-refractivity contribution is -0.197. The zero-order valence-corrected chi connectivity index (χ0v) is 10.7. The van der Waals surface area contributed by atoms with E-state index in [9.17, 15) is 27.6 Å². The molecule has 1 aliphatic rings. The van der Waals surface area contributed by atoms with Gasteiger partial charge in [-0.25, -0.2) is 4.79 Å². The van der Waals surface area contributed by atoms with Crippen LogP contribution in [0.5, 0.6) is 0 Å². The number of rotatable bonds is 5. The molecular formula is C9H11NO8S. The summed E-state index contributed by atoms with van der Waals surface area (Å²) in [7, 11) is -4.74. The van der Waals surface area contributed by atoms with Crippen molar-refractivity contribution in [3.05, 3.63) is 0 Å². The molecule has 0 aromatic carbocycles. The number of imide groups is 1. The van der Waals surface area contributed by atoms with Gasteiger partial charge in [0.25, 0.3) is 21.9 Å². The predicted octanol–water partition coefficient (Wildman–Crippen LogP) is -1.17. The summed E-state index contributed by atoms with van der Waals surface area (Å²) in [5.74, 6) is -3.69. The van der Waals surface area contributed by atoms with Gasteiger partial charge in [0.2, 0.25) is 0 Å². The number of carbonyl (C=O) groups is 4. The second kappa shape index (κ2) is 5.45. The third-order valence-electron chi connectivity index (χ3n) is 2.30. The number of nitrogens with zero attached hydrogens (tertiary/aromatic N) is 1. The summed E-state index contributed by atoms with van der Waals surface area (Å²) in [4.78, 5) is 49.0. The van der Waals surface area contributed by atoms with E-state index >= 15 is 0 Å². The van der Waals surface area contributed by atoms with E-state index in [1.54, 1.807) is 0 Å². The summed E-state index contributed by atoms with van der Waals surface area (Å²) in [6.07, 6.45) is -1.27. The summed E-state index contributed by atoms with van der Waals surface area (Å²) in [6.45, 7) is 1.24. The van der Waals surface area contributed by atoms with Crippen molar-refractivity contribution in [3.63, 3.8) is 0 Å². The van der Waals surface area contributed by atoms with E-state index in [2.05, 4.69) is 4.84 Å². The molecule has 0 spiro atoms. The van der Waals surface area contributed by atoms with Gasteiger partial charge in [0, 0.05) is 6.42 Å². The number of hydrogen-bond acceptors (Lipinski definition) is 7. The van der Waals surface area contributed by atoms with Crippen molar-refractivity contribution < 1.29 is 37.0 Å². The van der Waals surface area contributed by atoms with Crippen molar-refractivity contribution in [2.45, 2.75) is 31.4 Å². The molecule has 10 heteroatoms. The molecule has 0 aromatic heterocycles. The summed E-state index contributed by atoms with van der Waals surface area (Å²) in [5, 5.41) is -1.96. The molecule has 19 heavy (non-hydrogen) atoms. The molecule has 2 amide bonds. The zero-order chi connectivity index (χ0) is 14.8. The maximum atomic E-state index is 11.5. The molecule has 1 unspecified atom stereocenters. The molecule has 1 N–H and O–H groups in total. The fourth-order valence-corrected chi connectivity index (χ4v) is 2.04. The monoisotopic (exact) mass is 293 g/mol. The third kappa shape index (κ3) is 3.83. The highest BCUT2D eigenvalue weighted by atomic mass is 32.2. The molecule has 1 heterocycles. The van der Waals surface area contributed by atoms with Crippen LogP contribution in [-0.2, 0) is 34.1 Å². The van der Waals surface area contributed by atoms with Crippen LogP contribution in [0.2, 0.25) is 0 Å². The molecule has 1 atom stereocenters. The van der Waals surface area contributed by atoms with Gasteiger partial charge in [0.1, 0.15) is 5.78 Å². The summed E-state index contributed by atoms with van der Waals surface area (Å²) in [6, 6.07) is 0. The van der Waals surface area contributed by atoms with Crippen molar-refractivity contribution in [3.8, 4) is 0 Å². The molecule has 1 saturated heterocycles. The fraction of sp³-hybridized carbons (Fsp3) is 0.556. The Morgan fingerprint density at radius 2 is 1.95 bits per heavy atom. The first-order valence-electron chi connectivity index (χ1n) is 5.16. The van der Waals surface area contributed by atoms with Crippen molar-refractivity contribution >= 4 is 33.7 Å². The predicted molar refractivity (Wildman–Crippen MR) is 57.8 cm³/mol. The Morgan fingerprint density at radius 1 is 1.37 bits per heavy atom. The van der Waals surface area contributed by atoms with Gasteiger partial charge in [-0.05, 0) is 6.92 Å². The topological polar surface area (TPSA) is 135 Å². The lowest BCUT2D eigenvalue weighted by Gasteiger charge is -2.12. The second-order valence-corrected chi connectivity index (χ2v) is 5.50. The molecule has 1 rings (SSSR count). The molecule has 1 aliphatic heterocycles. The average molecular weight is 293 g/mol. The minimum Gasteiger partial charge on any atom is -0.330 e. The Morgan fingerprint density at radius 3 is 2.37 bits per heavy atom. The van der Waals surface area contributed by atoms with Gasteiger partial charge < -0.3 is 9.63 Å². The standard InChI is InChI=1S/C9H11NO8S/c1-5(11)2-3-8(13)18-10-7(12)4-6(9(10)14)19(15,16)17/h6H,2-4H2,1H3,(H,15,16,17). The Kier molecular flexibility index (Phi) is 4.37. The molecule has 9 nitrogen and oxygen atoms in total. The zero-order valence-electron chi connectivity index (χ0n) is 9.86. The smallest absolute Gasteiger partial charge is 0.330 e. The average Bonchev–Trinajstić information content (AvgIpc) is 2.54. The lowest BCUT2D eigenvalue weighted by Crippen LogP contribution is -2.36. The maximum Gasteiger partial charge on any atom is 0.333 e. The Bertz CT molecular complexity index is 536. The highest BCUT2D eigenvalue weighted by Crippen LogP contribution is 2.20. The minimum atomic E-state index is -4.74. The SMILES string of the molecule is CC(=O)CCC(=O)ON1C(=O)CC(S(=O)(=O)O)C1=O. The van der Waals surface area contributed by atoms with Crippen LogP contribution >= 0.6 is 0 Å². The Hall–Kier alpha value is -1.81. The lowest BCUT2D eigenvalue weighted by atomic mass is 10.2. The van der Waals surface area contributed by atoms with Crippen LogP contribution < -0.4 is 0 Å². The van der Waals surface area contributed by atoms with E-state index in [0.717, 1.165) is 0 Å². The molecule has 0 saturated carbocycles. The Balaban J connectivity index is 2.70. The number of hydroxylamine groups is 2. The first-order chi connectivity index (χ1) is 8.62. The van der Waals surface area contributed by atoms with Gasteiger partial charge in [-0.1, -0.05) is 0 Å². The number of ketones is 1. The summed E-state index contributed by atoms with van der Waals surface area (Å²) >= 11 is 0. The van der Waals surface area contributed by atoms with E-state index in [4.69, 9.17) is 4.55 Å². The van der Waals surface area contributed by atoms with Gasteiger partial charge in [0.15, 0.2) is 5.25 Å². The summed E-state index contributed by atoms with van der Waals surface area (Å²) < 4.78 is 30.3. The van der Waals surface area contributed by atoms with Gasteiger partial charge >= 0.3 is 5.97 Å². The quantitative estimate of drug-likeness (QED) is 0.494. The second-order valence-electron chi connectivity index (χ2n) is 3.90. The van der Waals surface area contributed by atoms with Crippen LogP contribution in [0.3, 0.4) is 0 Å². The number of Topliss-reactive ketones (excluding diaryl/α,β-unsaturated/α-hetero) is 1. The molecule has 1 fully saturated rings. The largest absolute Gasteiger partial charge is 0.333 e. The molecule has 106 valence electrons. The van der Waals surface area contributed by atoms with Crippen LogP contribution in [-0.4, -0.2) is 46.9 Å². The minimum absolute atomic E-state index is 0.000899. The maximum absolute atomic E-state index is 11.5. The van der Waals surface area contributed by atoms with Crippen LogP contribution in [0.1, 0.15) is 26.2 Å². The van der Waals surface area contributed by atoms with E-state index in [-0.39, 0.29) is 23.7 Å². The van der Waals surface area contributed by atoms with Crippen molar-refractivity contribution in [1.29, 1.82) is 0 Å². The van der Waals surface area contributed by atoms with Crippen molar-refractivity contribution in [1.82, 2.24) is 5.06 Å². The van der Waals surface area contributed by atoms with Gasteiger partial charge in [0.05, 0.1) is 12.8 Å². The molecule has 0 aliphatic carbocycles. The van der Waals surface area contributed by atoms with Gasteiger partial charge in [-0.2, -0.15) is 8.42 Å². The van der Waals surface area contributed by atoms with Gasteiger partial charge in [-0.15, -0.1) is 5.06 Å². The highest BCUT2D eigenvalue weighted by Gasteiger charge is 2.48. The van der Waals surface area contributed by atoms with Crippen LogP contribution in [0, 0.1) is 0 Å². The number of carbonyl (C=O) groups excluding carboxylic acids is 4. The fourth-order valence-electron chi connectivity index (χ4n) is 1.34. The normalized spacial score (nSPS) is 19.7. The number of amides is 2. The molecular weight excluding hydrogens is 282 g/mol. The van der Waals surface area contributed by atoms with Gasteiger partial charge in [-0.3, -0.25) is 14.1 Å². The third-order valence-corrected chi connectivity index (χ3v) is 3.38. The van der Waals surface area contributed by atoms with Crippen molar-refractivity contribution in [2.75, 3.05) is 0 Å². The van der Waals surface area contributed by atoms with E-state index in [1.165, 1.54) is 6.92 Å². The van der Waals surface area contributed by atoms with Crippen molar-refractivity contribution in [2.24, 2.45) is 0 Å². The van der Waals surface area contributed by atoms with E-state index < -0.39 is 39.6 Å². The van der Waals surface area contributed by atoms with Crippen LogP contribution in [0.15, 0.2) is 0 Å².